The number of nitrogens with zero attached hydrogens (tertiary/aromatic N) is 3. The Balaban J connectivity index is 2.13. The second-order valence-corrected chi connectivity index (χ2v) is 9.20. The third-order valence-electron chi connectivity index (χ3n) is 4.97. The Hall–Kier alpha value is -2.46. The molecule has 0 aliphatic carbocycles. The van der Waals surface area contributed by atoms with E-state index >= 15 is 0 Å². The highest BCUT2D eigenvalue weighted by molar-refractivity contribution is 9.10. The third kappa shape index (κ3) is 5.55. The van der Waals surface area contributed by atoms with Gasteiger partial charge in [0.2, 0.25) is 11.1 Å². The number of anilines is 1. The van der Waals surface area contributed by atoms with Crippen LogP contribution in [0.4, 0.5) is 5.95 Å². The van der Waals surface area contributed by atoms with Gasteiger partial charge >= 0.3 is 5.97 Å². The number of carbonyl (C=O) groups is 1. The second kappa shape index (κ2) is 11.6. The predicted molar refractivity (Wildman–Crippen MR) is 133 cm³/mol. The zero-order valence-electron chi connectivity index (χ0n) is 19.3. The number of hydrogen-bond acceptors (Lipinski definition) is 8. The fourth-order valence-corrected chi connectivity index (χ4v) is 5.03. The van der Waals surface area contributed by atoms with Crippen LogP contribution in [0.3, 0.4) is 0 Å². The van der Waals surface area contributed by atoms with E-state index in [1.165, 1.54) is 0 Å². The first kappa shape index (κ1) is 25.2. The predicted octanol–water partition coefficient (Wildman–Crippen LogP) is 5.36. The number of methoxy groups -OCH3 is 1. The van der Waals surface area contributed by atoms with Gasteiger partial charge in [-0.05, 0) is 53.9 Å². The summed E-state index contributed by atoms with van der Waals surface area (Å²) in [5, 5.41) is 8.60. The molecule has 1 aromatic heterocycles. The largest absolute Gasteiger partial charge is 0.492 e. The van der Waals surface area contributed by atoms with Crippen LogP contribution in [0.25, 0.3) is 0 Å². The summed E-state index contributed by atoms with van der Waals surface area (Å²) in [6.45, 7) is 10.1. The normalized spacial score (nSPS) is 15.0. The minimum Gasteiger partial charge on any atom is -0.492 e. The number of aromatic nitrogens is 3. The molecule has 3 rings (SSSR count). The molecule has 10 heteroatoms. The third-order valence-corrected chi connectivity index (χ3v) is 6.48. The maximum Gasteiger partial charge on any atom is 0.338 e. The van der Waals surface area contributed by atoms with Crippen molar-refractivity contribution in [3.63, 3.8) is 0 Å². The van der Waals surface area contributed by atoms with E-state index in [4.69, 9.17) is 19.3 Å². The Morgan fingerprint density at radius 1 is 1.39 bits per heavy atom. The van der Waals surface area contributed by atoms with Crippen LogP contribution >= 0.6 is 27.7 Å². The monoisotopic (exact) mass is 536 g/mol. The first-order chi connectivity index (χ1) is 15.9. The number of ether oxygens (including phenoxy) is 3. The van der Waals surface area contributed by atoms with Crippen molar-refractivity contribution in [3.8, 4) is 11.5 Å². The molecule has 178 valence electrons. The Labute approximate surface area is 206 Å². The number of fused-ring (bicyclic) bond motifs is 1. The van der Waals surface area contributed by atoms with E-state index < -0.39 is 12.0 Å². The summed E-state index contributed by atoms with van der Waals surface area (Å²) in [6, 6.07) is 3.21. The van der Waals surface area contributed by atoms with Crippen molar-refractivity contribution in [3.05, 3.63) is 46.1 Å². The molecule has 0 bridgehead atoms. The SMILES string of the molecule is C=CCOC(=O)C1=C(C)Nc2nc(SCCCC)nn2C1c1cc(Br)c(OC)c(OCC)c1. The molecule has 0 radical (unpaired) electrons. The number of thioether (sulfide) groups is 1. The number of hydrogen-bond donors (Lipinski definition) is 1. The number of nitrogens with one attached hydrogen (secondary N) is 1. The first-order valence-corrected chi connectivity index (χ1v) is 12.6. The molecular formula is C23H29BrN4O4S. The smallest absolute Gasteiger partial charge is 0.338 e. The van der Waals surface area contributed by atoms with Crippen molar-refractivity contribution in [2.75, 3.05) is 31.4 Å². The van der Waals surface area contributed by atoms with Gasteiger partial charge in [-0.25, -0.2) is 9.48 Å². The van der Waals surface area contributed by atoms with Gasteiger partial charge in [0, 0.05) is 11.4 Å². The maximum atomic E-state index is 13.1. The van der Waals surface area contributed by atoms with E-state index in [0.717, 1.165) is 24.2 Å². The molecule has 0 saturated carbocycles. The van der Waals surface area contributed by atoms with Crippen LogP contribution in [0.5, 0.6) is 11.5 Å². The lowest BCUT2D eigenvalue weighted by Gasteiger charge is -2.28. The quantitative estimate of drug-likeness (QED) is 0.178. The molecule has 0 spiro atoms. The van der Waals surface area contributed by atoms with Crippen LogP contribution in [-0.2, 0) is 9.53 Å². The van der Waals surface area contributed by atoms with E-state index in [0.29, 0.717) is 45.0 Å². The highest BCUT2D eigenvalue weighted by Crippen LogP contribution is 2.43. The molecule has 2 heterocycles. The molecule has 33 heavy (non-hydrogen) atoms. The van der Waals surface area contributed by atoms with Gasteiger partial charge in [0.25, 0.3) is 0 Å². The molecular weight excluding hydrogens is 508 g/mol. The molecule has 1 aliphatic rings. The summed E-state index contributed by atoms with van der Waals surface area (Å²) in [5.41, 5.74) is 1.89. The van der Waals surface area contributed by atoms with Gasteiger partial charge in [-0.3, -0.25) is 0 Å². The van der Waals surface area contributed by atoms with Crippen molar-refractivity contribution in [2.45, 2.75) is 44.8 Å². The molecule has 0 amide bonds. The van der Waals surface area contributed by atoms with Crippen molar-refractivity contribution >= 4 is 39.6 Å². The average molecular weight is 537 g/mol. The molecule has 2 aromatic rings. The van der Waals surface area contributed by atoms with Gasteiger partial charge < -0.3 is 19.5 Å². The van der Waals surface area contributed by atoms with Crippen LogP contribution in [0.15, 0.2) is 45.7 Å². The molecule has 1 N–H and O–H groups in total. The van der Waals surface area contributed by atoms with Crippen molar-refractivity contribution in [1.82, 2.24) is 14.8 Å². The summed E-state index contributed by atoms with van der Waals surface area (Å²) in [7, 11) is 1.59. The summed E-state index contributed by atoms with van der Waals surface area (Å²) in [6.07, 6.45) is 3.71. The lowest BCUT2D eigenvalue weighted by molar-refractivity contribution is -0.138. The van der Waals surface area contributed by atoms with Crippen LogP contribution in [0, 0.1) is 0 Å². The standard InChI is InChI=1S/C23H29BrN4O4S/c1-6-9-11-33-23-26-22-25-14(4)18(21(29)32-10-7-2)19(28(22)27-23)15-12-16(24)20(30-5)17(13-15)31-8-3/h7,12-13,19H,2,6,8-11H2,1,3-5H3,(H,25,26,27). The number of benzene rings is 1. The van der Waals surface area contributed by atoms with Gasteiger partial charge in [0.15, 0.2) is 11.5 Å². The Morgan fingerprint density at radius 2 is 2.18 bits per heavy atom. The average Bonchev–Trinajstić information content (AvgIpc) is 3.18. The Morgan fingerprint density at radius 3 is 2.85 bits per heavy atom. The van der Waals surface area contributed by atoms with Gasteiger partial charge in [0.1, 0.15) is 12.6 Å². The van der Waals surface area contributed by atoms with Crippen molar-refractivity contribution in [1.29, 1.82) is 0 Å². The van der Waals surface area contributed by atoms with E-state index in [9.17, 15) is 4.79 Å². The number of unbranched alkanes of at least 4 members (excludes halogenated alkanes) is 1. The topological polar surface area (TPSA) is 87.5 Å². The fraction of sp³-hybridized carbons (Fsp3) is 0.435. The highest BCUT2D eigenvalue weighted by atomic mass is 79.9. The lowest BCUT2D eigenvalue weighted by Crippen LogP contribution is -2.29. The zero-order valence-corrected chi connectivity index (χ0v) is 21.7. The van der Waals surface area contributed by atoms with E-state index in [-0.39, 0.29) is 6.61 Å². The Kier molecular flexibility index (Phi) is 8.85. The summed E-state index contributed by atoms with van der Waals surface area (Å²) >= 11 is 5.18. The molecule has 1 aliphatic heterocycles. The zero-order chi connectivity index (χ0) is 24.0. The van der Waals surface area contributed by atoms with E-state index in [1.807, 2.05) is 26.0 Å². The number of esters is 1. The molecule has 8 nitrogen and oxygen atoms in total. The van der Waals surface area contributed by atoms with Gasteiger partial charge in [-0.1, -0.05) is 37.8 Å². The van der Waals surface area contributed by atoms with Gasteiger partial charge in [-0.15, -0.1) is 5.10 Å². The van der Waals surface area contributed by atoms with Crippen LogP contribution < -0.4 is 14.8 Å². The van der Waals surface area contributed by atoms with Crippen LogP contribution in [0.1, 0.15) is 45.2 Å². The number of rotatable bonds is 11. The molecule has 0 fully saturated rings. The van der Waals surface area contributed by atoms with E-state index in [2.05, 4.69) is 39.7 Å². The molecule has 1 atom stereocenters. The minimum atomic E-state index is -0.562. The Bertz CT molecular complexity index is 1050. The van der Waals surface area contributed by atoms with Crippen molar-refractivity contribution < 1.29 is 19.0 Å². The van der Waals surface area contributed by atoms with Gasteiger partial charge in [0.05, 0.1) is 23.8 Å². The first-order valence-electron chi connectivity index (χ1n) is 10.8. The summed E-state index contributed by atoms with van der Waals surface area (Å²) < 4.78 is 19.2. The fourth-order valence-electron chi connectivity index (χ4n) is 3.49. The highest BCUT2D eigenvalue weighted by Gasteiger charge is 2.36. The lowest BCUT2D eigenvalue weighted by atomic mass is 9.95. The van der Waals surface area contributed by atoms with Gasteiger partial charge in [-0.2, -0.15) is 4.98 Å². The van der Waals surface area contributed by atoms with Crippen LogP contribution in [-0.4, -0.2) is 46.8 Å². The number of allylic oxidation sites excluding steroid dienone is 1. The maximum absolute atomic E-state index is 13.1. The van der Waals surface area contributed by atoms with E-state index in [1.54, 1.807) is 29.6 Å². The number of halogens is 1. The summed E-state index contributed by atoms with van der Waals surface area (Å²) in [4.78, 5) is 17.7. The summed E-state index contributed by atoms with van der Waals surface area (Å²) in [5.74, 6) is 2.20. The molecule has 0 saturated heterocycles. The minimum absolute atomic E-state index is 0.112. The van der Waals surface area contributed by atoms with Crippen LogP contribution in [0.2, 0.25) is 0 Å². The molecule has 1 unspecified atom stereocenters. The molecule has 1 aromatic carbocycles. The van der Waals surface area contributed by atoms with Crippen molar-refractivity contribution in [2.24, 2.45) is 0 Å². The number of carbonyl (C=O) groups excluding carboxylic acids is 1. The second-order valence-electron chi connectivity index (χ2n) is 7.29.